The van der Waals surface area contributed by atoms with E-state index in [1.807, 2.05) is 13.8 Å². The minimum absolute atomic E-state index is 0.0872. The molecule has 1 aromatic rings. The fraction of sp³-hybridized carbons (Fsp3) is 0.500. The van der Waals surface area contributed by atoms with E-state index in [4.69, 9.17) is 9.47 Å². The van der Waals surface area contributed by atoms with Crippen LogP contribution in [0.25, 0.3) is 0 Å². The van der Waals surface area contributed by atoms with E-state index < -0.39 is 0 Å². The Labute approximate surface area is 107 Å². The Balaban J connectivity index is 2.62. The molecular weight excluding hydrogens is 232 g/mol. The van der Waals surface area contributed by atoms with Crippen LogP contribution in [-0.4, -0.2) is 23.6 Å². The number of rotatable bonds is 2. The van der Waals surface area contributed by atoms with E-state index in [0.29, 0.717) is 11.5 Å². The summed E-state index contributed by atoms with van der Waals surface area (Å²) in [5, 5.41) is 9.94. The Hall–Kier alpha value is -1.71. The van der Waals surface area contributed by atoms with Crippen molar-refractivity contribution in [3.05, 3.63) is 17.2 Å². The van der Waals surface area contributed by atoms with Gasteiger partial charge in [-0.25, -0.2) is 0 Å². The third-order valence-corrected chi connectivity index (χ3v) is 3.24. The molecule has 0 spiro atoms. The number of methoxy groups -OCH3 is 1. The lowest BCUT2D eigenvalue weighted by atomic mass is 9.91. The summed E-state index contributed by atoms with van der Waals surface area (Å²) in [4.78, 5) is 11.6. The molecule has 1 heterocycles. The van der Waals surface area contributed by atoms with Crippen LogP contribution in [0.4, 0.5) is 0 Å². The predicted octanol–water partition coefficient (Wildman–Crippen LogP) is 2.71. The van der Waals surface area contributed by atoms with Gasteiger partial charge in [-0.15, -0.1) is 0 Å². The van der Waals surface area contributed by atoms with Crippen molar-refractivity contribution < 1.29 is 19.4 Å². The summed E-state index contributed by atoms with van der Waals surface area (Å²) in [5.74, 6) is 0.742. The second kappa shape index (κ2) is 4.19. The van der Waals surface area contributed by atoms with Gasteiger partial charge in [0, 0.05) is 11.6 Å². The van der Waals surface area contributed by atoms with Crippen LogP contribution in [0, 0.1) is 0 Å². The molecule has 0 bridgehead atoms. The second-order valence-electron chi connectivity index (χ2n) is 5.20. The van der Waals surface area contributed by atoms with E-state index in [0.717, 1.165) is 18.4 Å². The van der Waals surface area contributed by atoms with Gasteiger partial charge in [0.15, 0.2) is 5.78 Å². The number of fused-ring (bicyclic) bond motifs is 1. The summed E-state index contributed by atoms with van der Waals surface area (Å²) in [6.45, 7) is 5.41. The predicted molar refractivity (Wildman–Crippen MR) is 67.7 cm³/mol. The van der Waals surface area contributed by atoms with Crippen LogP contribution in [0.15, 0.2) is 6.07 Å². The molecule has 0 fully saturated rings. The van der Waals surface area contributed by atoms with E-state index in [-0.39, 0.29) is 22.7 Å². The first kappa shape index (κ1) is 12.7. The normalized spacial score (nSPS) is 16.7. The Bertz CT molecular complexity index is 503. The van der Waals surface area contributed by atoms with Gasteiger partial charge < -0.3 is 14.6 Å². The number of phenolic OH excluding ortho intramolecular Hbond substituents is 1. The highest BCUT2D eigenvalue weighted by Gasteiger charge is 2.31. The van der Waals surface area contributed by atoms with Gasteiger partial charge in [-0.3, -0.25) is 4.79 Å². The van der Waals surface area contributed by atoms with E-state index in [1.54, 1.807) is 0 Å². The summed E-state index contributed by atoms with van der Waals surface area (Å²) in [5.41, 5.74) is 0.835. The molecule has 98 valence electrons. The third-order valence-electron chi connectivity index (χ3n) is 3.24. The molecule has 0 unspecified atom stereocenters. The van der Waals surface area contributed by atoms with Gasteiger partial charge in [-0.1, -0.05) is 0 Å². The Kier molecular flexibility index (Phi) is 2.97. The summed E-state index contributed by atoms with van der Waals surface area (Å²) < 4.78 is 11.1. The van der Waals surface area contributed by atoms with Gasteiger partial charge in [0.05, 0.1) is 7.11 Å². The first-order valence-corrected chi connectivity index (χ1v) is 5.98. The van der Waals surface area contributed by atoms with E-state index in [2.05, 4.69) is 0 Å². The summed E-state index contributed by atoms with van der Waals surface area (Å²) in [6.07, 6.45) is 1.62. The zero-order valence-electron chi connectivity index (χ0n) is 11.2. The summed E-state index contributed by atoms with van der Waals surface area (Å²) in [7, 11) is 1.50. The van der Waals surface area contributed by atoms with Crippen molar-refractivity contribution in [1.29, 1.82) is 0 Å². The van der Waals surface area contributed by atoms with Crippen LogP contribution in [0.5, 0.6) is 17.2 Å². The minimum atomic E-state index is -0.262. The molecule has 1 N–H and O–H groups in total. The number of carbonyl (C=O) groups is 1. The zero-order valence-corrected chi connectivity index (χ0v) is 11.2. The van der Waals surface area contributed by atoms with E-state index in [9.17, 15) is 9.90 Å². The maximum absolute atomic E-state index is 11.6. The zero-order chi connectivity index (χ0) is 13.5. The molecule has 18 heavy (non-hydrogen) atoms. The lowest BCUT2D eigenvalue weighted by Crippen LogP contribution is -2.32. The van der Waals surface area contributed by atoms with Crippen LogP contribution in [0.2, 0.25) is 0 Å². The summed E-state index contributed by atoms with van der Waals surface area (Å²) in [6, 6.07) is 1.51. The largest absolute Gasteiger partial charge is 0.507 e. The number of ketones is 1. The Morgan fingerprint density at radius 2 is 2.17 bits per heavy atom. The molecule has 1 aromatic carbocycles. The number of hydrogen-bond acceptors (Lipinski definition) is 4. The average Bonchev–Trinajstić information content (AvgIpc) is 2.24. The quantitative estimate of drug-likeness (QED) is 0.820. The summed E-state index contributed by atoms with van der Waals surface area (Å²) >= 11 is 0. The van der Waals surface area contributed by atoms with E-state index >= 15 is 0 Å². The molecule has 0 radical (unpaired) electrons. The molecule has 0 amide bonds. The number of phenols is 1. The number of ether oxygens (including phenoxy) is 2. The number of benzene rings is 1. The van der Waals surface area contributed by atoms with Gasteiger partial charge in [-0.05, 0) is 33.6 Å². The van der Waals surface area contributed by atoms with Gasteiger partial charge in [0.2, 0.25) is 0 Å². The monoisotopic (exact) mass is 250 g/mol. The fourth-order valence-electron chi connectivity index (χ4n) is 2.33. The van der Waals surface area contributed by atoms with Crippen molar-refractivity contribution in [2.45, 2.75) is 39.2 Å². The van der Waals surface area contributed by atoms with Crippen molar-refractivity contribution >= 4 is 5.78 Å². The van der Waals surface area contributed by atoms with Crippen LogP contribution in [-0.2, 0) is 6.42 Å². The smallest absolute Gasteiger partial charge is 0.167 e. The van der Waals surface area contributed by atoms with Crippen LogP contribution in [0.3, 0.4) is 0 Å². The molecule has 1 aliphatic rings. The molecule has 4 nitrogen and oxygen atoms in total. The molecular formula is C14H18O4. The fourth-order valence-corrected chi connectivity index (χ4v) is 2.33. The highest BCUT2D eigenvalue weighted by atomic mass is 16.5. The molecule has 0 saturated carbocycles. The average molecular weight is 250 g/mol. The number of hydrogen-bond donors (Lipinski definition) is 1. The van der Waals surface area contributed by atoms with Crippen molar-refractivity contribution in [2.75, 3.05) is 7.11 Å². The van der Waals surface area contributed by atoms with Crippen molar-refractivity contribution in [3.63, 3.8) is 0 Å². The first-order chi connectivity index (χ1) is 8.35. The highest BCUT2D eigenvalue weighted by molar-refractivity contribution is 6.00. The maximum atomic E-state index is 11.6. The Morgan fingerprint density at radius 1 is 1.50 bits per heavy atom. The van der Waals surface area contributed by atoms with Crippen molar-refractivity contribution in [3.8, 4) is 17.2 Å². The molecule has 4 heteroatoms. The maximum Gasteiger partial charge on any atom is 0.167 e. The van der Waals surface area contributed by atoms with Gasteiger partial charge in [-0.2, -0.15) is 0 Å². The lowest BCUT2D eigenvalue weighted by molar-refractivity contribution is 0.0830. The molecule has 0 aliphatic carbocycles. The molecule has 0 aromatic heterocycles. The van der Waals surface area contributed by atoms with Gasteiger partial charge in [0.25, 0.3) is 0 Å². The molecule has 2 rings (SSSR count). The molecule has 0 saturated heterocycles. The number of Topliss-reactive ketones (excluding diaryl/α,β-unsaturated/α-hetero) is 1. The third kappa shape index (κ3) is 2.03. The standard InChI is InChI=1S/C14H18O4/c1-8(15)12-10(16)7-11-9(13(12)17-4)5-6-14(2,3)18-11/h7,16H,5-6H2,1-4H3. The number of carbonyl (C=O) groups excluding carboxylic acids is 1. The Morgan fingerprint density at radius 3 is 2.72 bits per heavy atom. The second-order valence-corrected chi connectivity index (χ2v) is 5.20. The molecule has 0 atom stereocenters. The highest BCUT2D eigenvalue weighted by Crippen LogP contribution is 2.44. The van der Waals surface area contributed by atoms with Crippen molar-refractivity contribution in [2.24, 2.45) is 0 Å². The minimum Gasteiger partial charge on any atom is -0.507 e. The van der Waals surface area contributed by atoms with Crippen LogP contribution < -0.4 is 9.47 Å². The van der Waals surface area contributed by atoms with Crippen LogP contribution in [0.1, 0.15) is 43.1 Å². The molecule has 1 aliphatic heterocycles. The SMILES string of the molecule is COc1c2c(cc(O)c1C(C)=O)OC(C)(C)CC2. The lowest BCUT2D eigenvalue weighted by Gasteiger charge is -2.33. The van der Waals surface area contributed by atoms with Crippen molar-refractivity contribution in [1.82, 2.24) is 0 Å². The number of aromatic hydroxyl groups is 1. The van der Waals surface area contributed by atoms with Gasteiger partial charge in [0.1, 0.15) is 28.4 Å². The van der Waals surface area contributed by atoms with Crippen LogP contribution >= 0.6 is 0 Å². The first-order valence-electron chi connectivity index (χ1n) is 5.98. The van der Waals surface area contributed by atoms with E-state index in [1.165, 1.54) is 20.1 Å². The topological polar surface area (TPSA) is 55.8 Å². The van der Waals surface area contributed by atoms with Gasteiger partial charge >= 0.3 is 0 Å².